The first-order valence-electron chi connectivity index (χ1n) is 5.37. The van der Waals surface area contributed by atoms with E-state index < -0.39 is 30.3 Å². The van der Waals surface area contributed by atoms with Gasteiger partial charge in [0.05, 0.1) is 37.9 Å². The number of hydrogen-bond acceptors (Lipinski definition) is 7. The zero-order valence-electron chi connectivity index (χ0n) is 9.65. The van der Waals surface area contributed by atoms with Gasteiger partial charge in [0, 0.05) is 7.11 Å². The van der Waals surface area contributed by atoms with Crippen LogP contribution < -0.4 is 0 Å². The minimum atomic E-state index is -1.10. The Labute approximate surface area is 99.4 Å². The summed E-state index contributed by atoms with van der Waals surface area (Å²) in [6, 6.07) is 0. The smallest absolute Gasteiger partial charge is 0.166 e. The van der Waals surface area contributed by atoms with Crippen molar-refractivity contribution in [3.05, 3.63) is 0 Å². The van der Waals surface area contributed by atoms with E-state index in [0.717, 1.165) is 6.40 Å². The van der Waals surface area contributed by atoms with Gasteiger partial charge in [0.2, 0.25) is 0 Å². The summed E-state index contributed by atoms with van der Waals surface area (Å²) < 4.78 is 15.1. The number of ether oxygens (including phenoxy) is 3. The van der Waals surface area contributed by atoms with E-state index in [1.807, 2.05) is 0 Å². The molecule has 1 fully saturated rings. The Kier molecular flexibility index (Phi) is 5.79. The first-order chi connectivity index (χ1) is 8.15. The molecule has 0 spiro atoms. The summed E-state index contributed by atoms with van der Waals surface area (Å²) in [6.45, 7) is -0.157. The molecule has 0 bridgehead atoms. The molecule has 1 aliphatic rings. The van der Waals surface area contributed by atoms with Crippen LogP contribution in [0.5, 0.6) is 0 Å². The largest absolute Gasteiger partial charge is 0.483 e. The lowest BCUT2D eigenvalue weighted by Gasteiger charge is -2.41. The minimum absolute atomic E-state index is 0.00660. The van der Waals surface area contributed by atoms with Gasteiger partial charge in [-0.25, -0.2) is 0 Å². The third-order valence-electron chi connectivity index (χ3n) is 2.88. The fraction of sp³-hybridized carbons (Fsp3) is 0.900. The van der Waals surface area contributed by atoms with Crippen LogP contribution in [0, 0.1) is 11.3 Å². The number of nitrogens with one attached hydrogen (secondary N) is 1. The van der Waals surface area contributed by atoms with Crippen LogP contribution in [0.2, 0.25) is 0 Å². The van der Waals surface area contributed by atoms with Crippen molar-refractivity contribution in [2.45, 2.75) is 24.4 Å². The Hall–Kier alpha value is -0.730. The lowest BCUT2D eigenvalue weighted by Crippen LogP contribution is -2.57. The summed E-state index contributed by atoms with van der Waals surface area (Å²) in [5.41, 5.74) is 0. The van der Waals surface area contributed by atoms with Crippen molar-refractivity contribution in [2.24, 2.45) is 5.92 Å². The second-order valence-electron chi connectivity index (χ2n) is 3.95. The highest BCUT2D eigenvalue weighted by Gasteiger charge is 2.44. The van der Waals surface area contributed by atoms with E-state index in [1.165, 1.54) is 7.11 Å². The SMILES string of the molecule is COC[C@H]1OC(CO)[C@@H](COC=N)C(O)C1O. The van der Waals surface area contributed by atoms with Crippen molar-refractivity contribution in [3.8, 4) is 0 Å². The molecule has 0 aromatic heterocycles. The van der Waals surface area contributed by atoms with Crippen LogP contribution in [0.4, 0.5) is 0 Å². The molecule has 0 aromatic carbocycles. The molecule has 1 heterocycles. The van der Waals surface area contributed by atoms with E-state index in [4.69, 9.17) is 19.6 Å². The minimum Gasteiger partial charge on any atom is -0.483 e. The summed E-state index contributed by atoms with van der Waals surface area (Å²) in [5.74, 6) is -0.579. The summed E-state index contributed by atoms with van der Waals surface area (Å²) in [7, 11) is 1.46. The van der Waals surface area contributed by atoms with Gasteiger partial charge in [-0.05, 0) is 0 Å². The van der Waals surface area contributed by atoms with E-state index >= 15 is 0 Å². The van der Waals surface area contributed by atoms with Crippen LogP contribution in [-0.4, -0.2) is 73.1 Å². The zero-order valence-corrected chi connectivity index (χ0v) is 9.65. The molecule has 17 heavy (non-hydrogen) atoms. The van der Waals surface area contributed by atoms with Gasteiger partial charge in [-0.1, -0.05) is 0 Å². The molecule has 5 atom stereocenters. The van der Waals surface area contributed by atoms with E-state index in [9.17, 15) is 15.3 Å². The molecule has 1 rings (SSSR count). The van der Waals surface area contributed by atoms with Gasteiger partial charge < -0.3 is 29.5 Å². The fourth-order valence-electron chi connectivity index (χ4n) is 1.94. The first kappa shape index (κ1) is 14.3. The Morgan fingerprint density at radius 2 is 1.94 bits per heavy atom. The van der Waals surface area contributed by atoms with Gasteiger partial charge in [0.1, 0.15) is 12.2 Å². The predicted octanol–water partition coefficient (Wildman–Crippen LogP) is -1.65. The summed E-state index contributed by atoms with van der Waals surface area (Å²) in [6.07, 6.45) is -2.76. The molecule has 1 saturated heterocycles. The molecule has 1 aliphatic heterocycles. The van der Waals surface area contributed by atoms with Gasteiger partial charge in [-0.15, -0.1) is 0 Å². The van der Waals surface area contributed by atoms with Gasteiger partial charge in [0.25, 0.3) is 0 Å². The third kappa shape index (κ3) is 3.36. The monoisotopic (exact) mass is 249 g/mol. The van der Waals surface area contributed by atoms with Crippen molar-refractivity contribution in [1.29, 1.82) is 5.41 Å². The van der Waals surface area contributed by atoms with Crippen molar-refractivity contribution in [2.75, 3.05) is 26.9 Å². The molecule has 3 unspecified atom stereocenters. The van der Waals surface area contributed by atoms with Crippen LogP contribution in [0.1, 0.15) is 0 Å². The third-order valence-corrected chi connectivity index (χ3v) is 2.88. The topological polar surface area (TPSA) is 112 Å². The lowest BCUT2D eigenvalue weighted by molar-refractivity contribution is -0.223. The van der Waals surface area contributed by atoms with Crippen molar-refractivity contribution in [3.63, 3.8) is 0 Å². The lowest BCUT2D eigenvalue weighted by atomic mass is 9.87. The molecule has 7 heteroatoms. The molecule has 0 aromatic rings. The van der Waals surface area contributed by atoms with Crippen LogP contribution in [0.25, 0.3) is 0 Å². The van der Waals surface area contributed by atoms with Gasteiger partial charge >= 0.3 is 0 Å². The molecule has 100 valence electrons. The molecule has 0 saturated carbocycles. The van der Waals surface area contributed by atoms with Crippen molar-refractivity contribution in [1.82, 2.24) is 0 Å². The van der Waals surface area contributed by atoms with E-state index in [1.54, 1.807) is 0 Å². The molecule has 0 radical (unpaired) electrons. The zero-order chi connectivity index (χ0) is 12.8. The van der Waals surface area contributed by atoms with Gasteiger partial charge in [-0.2, -0.15) is 0 Å². The number of rotatable bonds is 6. The van der Waals surface area contributed by atoms with Crippen LogP contribution in [-0.2, 0) is 14.2 Å². The molecular weight excluding hydrogens is 230 g/mol. The van der Waals surface area contributed by atoms with Crippen LogP contribution in [0.15, 0.2) is 0 Å². The van der Waals surface area contributed by atoms with Gasteiger partial charge in [-0.3, -0.25) is 5.41 Å². The quantitative estimate of drug-likeness (QED) is 0.331. The maximum atomic E-state index is 9.91. The highest BCUT2D eigenvalue weighted by molar-refractivity contribution is 5.40. The molecule has 0 amide bonds. The summed E-state index contributed by atoms with van der Waals surface area (Å²) >= 11 is 0. The van der Waals surface area contributed by atoms with Crippen LogP contribution in [0.3, 0.4) is 0 Å². The standard InChI is InChI=1S/C10H19NO6/c1-15-4-8-10(14)9(13)6(3-16-5-11)7(2-12)17-8/h5-14H,2-4H2,1H3/t6-,7?,8-,9?,10?/m1/s1. The van der Waals surface area contributed by atoms with Crippen molar-refractivity contribution < 1.29 is 29.5 Å². The highest BCUT2D eigenvalue weighted by Crippen LogP contribution is 2.26. The normalized spacial score (nSPS) is 37.8. The number of methoxy groups -OCH3 is 1. The maximum Gasteiger partial charge on any atom is 0.166 e. The Balaban J connectivity index is 2.68. The second kappa shape index (κ2) is 6.87. The number of hydrogen-bond donors (Lipinski definition) is 4. The highest BCUT2D eigenvalue weighted by atomic mass is 16.6. The Bertz CT molecular complexity index is 237. The maximum absolute atomic E-state index is 9.91. The molecule has 7 nitrogen and oxygen atoms in total. The molecule has 0 aliphatic carbocycles. The Morgan fingerprint density at radius 1 is 1.24 bits per heavy atom. The van der Waals surface area contributed by atoms with E-state index in [0.29, 0.717) is 0 Å². The van der Waals surface area contributed by atoms with Crippen LogP contribution >= 0.6 is 0 Å². The fourth-order valence-corrected chi connectivity index (χ4v) is 1.94. The van der Waals surface area contributed by atoms with E-state index in [-0.39, 0.29) is 19.8 Å². The molecular formula is C10H19NO6. The van der Waals surface area contributed by atoms with Gasteiger partial charge in [0.15, 0.2) is 6.40 Å². The Morgan fingerprint density at radius 3 is 2.47 bits per heavy atom. The average Bonchev–Trinajstić information content (AvgIpc) is 2.34. The second-order valence-corrected chi connectivity index (χ2v) is 3.95. The summed E-state index contributed by atoms with van der Waals surface area (Å²) in [5, 5.41) is 35.6. The van der Waals surface area contributed by atoms with Crippen molar-refractivity contribution >= 4 is 6.40 Å². The average molecular weight is 249 g/mol. The van der Waals surface area contributed by atoms with E-state index in [2.05, 4.69) is 0 Å². The molecule has 4 N–H and O–H groups in total. The summed E-state index contributed by atoms with van der Waals surface area (Å²) in [4.78, 5) is 0. The predicted molar refractivity (Wildman–Crippen MR) is 57.9 cm³/mol. The number of aliphatic hydroxyl groups excluding tert-OH is 3. The number of aliphatic hydroxyl groups is 3. The first-order valence-corrected chi connectivity index (χ1v) is 5.37.